The number of carbonyl (C=O) groups is 4. The van der Waals surface area contributed by atoms with Gasteiger partial charge in [-0.2, -0.15) is 0 Å². The second-order valence-electron chi connectivity index (χ2n) is 17.5. The monoisotopic (exact) mass is 870 g/mol. The molecule has 2 aliphatic rings. The van der Waals surface area contributed by atoms with Gasteiger partial charge in [0.05, 0.1) is 50.1 Å². The number of aromatic amines is 2. The number of amides is 4. The summed E-state index contributed by atoms with van der Waals surface area (Å²) in [7, 11) is 2.60. The summed E-state index contributed by atoms with van der Waals surface area (Å²) in [6.07, 6.45) is 8.16. The van der Waals surface area contributed by atoms with Crippen molar-refractivity contribution < 1.29 is 28.7 Å². The summed E-state index contributed by atoms with van der Waals surface area (Å²) in [4.78, 5) is 72.2. The maximum atomic E-state index is 13.9. The minimum atomic E-state index is -0.709. The maximum Gasteiger partial charge on any atom is 0.407 e. The lowest BCUT2D eigenvalue weighted by atomic mass is 9.89. The molecule has 2 fully saturated rings. The van der Waals surface area contributed by atoms with Gasteiger partial charge >= 0.3 is 12.2 Å². The Labute approximate surface area is 375 Å². The summed E-state index contributed by atoms with van der Waals surface area (Å²) in [6.45, 7) is 11.0. The number of benzene rings is 3. The first-order valence-corrected chi connectivity index (χ1v) is 22.6. The third kappa shape index (κ3) is 10.0. The zero-order valence-electron chi connectivity index (χ0n) is 38.1. The van der Waals surface area contributed by atoms with Crippen molar-refractivity contribution in [1.29, 1.82) is 0 Å². The van der Waals surface area contributed by atoms with Crippen LogP contribution >= 0.6 is 0 Å². The van der Waals surface area contributed by atoms with E-state index in [-0.39, 0.29) is 35.7 Å². The summed E-state index contributed by atoms with van der Waals surface area (Å²) in [5.74, 6) is 0.940. The van der Waals surface area contributed by atoms with Crippen molar-refractivity contribution in [1.82, 2.24) is 40.4 Å². The van der Waals surface area contributed by atoms with Crippen LogP contribution in [0.5, 0.6) is 0 Å². The maximum absolute atomic E-state index is 13.9. The minimum Gasteiger partial charge on any atom is -0.453 e. The summed E-state index contributed by atoms with van der Waals surface area (Å²) in [6, 6.07) is 21.8. The minimum absolute atomic E-state index is 0.115. The van der Waals surface area contributed by atoms with Crippen molar-refractivity contribution in [3.05, 3.63) is 107 Å². The van der Waals surface area contributed by atoms with Crippen LogP contribution in [0.2, 0.25) is 0 Å². The largest absolute Gasteiger partial charge is 0.453 e. The molecule has 0 aliphatic carbocycles. The summed E-state index contributed by atoms with van der Waals surface area (Å²) >= 11 is 0. The predicted octanol–water partition coefficient (Wildman–Crippen LogP) is 8.57. The molecule has 2 saturated heterocycles. The molecule has 4 atom stereocenters. The molecule has 14 heteroatoms. The number of rotatable bonds is 15. The smallest absolute Gasteiger partial charge is 0.407 e. The van der Waals surface area contributed by atoms with Gasteiger partial charge in [-0.25, -0.2) is 19.6 Å². The molecule has 5 aromatic rings. The first-order chi connectivity index (χ1) is 30.9. The summed E-state index contributed by atoms with van der Waals surface area (Å²) < 4.78 is 9.62. The number of carbonyl (C=O) groups excluding carboxylic acids is 4. The number of hydrogen-bond acceptors (Lipinski definition) is 8. The lowest BCUT2D eigenvalue weighted by Crippen LogP contribution is -2.51. The van der Waals surface area contributed by atoms with E-state index in [0.29, 0.717) is 13.1 Å². The number of nitrogens with zero attached hydrogens (tertiary/aromatic N) is 4. The highest BCUT2D eigenvalue weighted by atomic mass is 16.5. The number of imidazole rings is 2. The Morgan fingerprint density at radius 2 is 1.17 bits per heavy atom. The van der Waals surface area contributed by atoms with E-state index in [0.717, 1.165) is 90.2 Å². The van der Waals surface area contributed by atoms with Gasteiger partial charge in [-0.3, -0.25) is 9.59 Å². The quantitative estimate of drug-likeness (QED) is 0.0810. The van der Waals surface area contributed by atoms with E-state index >= 15 is 0 Å². The van der Waals surface area contributed by atoms with Crippen LogP contribution in [-0.4, -0.2) is 93.1 Å². The van der Waals surface area contributed by atoms with Gasteiger partial charge in [0.15, 0.2) is 0 Å². The van der Waals surface area contributed by atoms with Crippen molar-refractivity contribution >= 4 is 24.0 Å². The Morgan fingerprint density at radius 3 is 1.69 bits per heavy atom. The van der Waals surface area contributed by atoms with Crippen LogP contribution in [0.15, 0.2) is 79.1 Å². The van der Waals surface area contributed by atoms with Gasteiger partial charge in [0.25, 0.3) is 0 Å². The predicted molar refractivity (Wildman–Crippen MR) is 246 cm³/mol. The molecule has 4 N–H and O–H groups in total. The van der Waals surface area contributed by atoms with E-state index < -0.39 is 24.3 Å². The summed E-state index contributed by atoms with van der Waals surface area (Å²) in [5, 5.41) is 5.46. The molecule has 338 valence electrons. The van der Waals surface area contributed by atoms with Crippen molar-refractivity contribution in [2.24, 2.45) is 11.8 Å². The molecule has 2 aliphatic heterocycles. The Kier molecular flexibility index (Phi) is 14.5. The highest BCUT2D eigenvalue weighted by molar-refractivity contribution is 5.87. The van der Waals surface area contributed by atoms with Crippen LogP contribution < -0.4 is 10.6 Å². The Balaban J connectivity index is 1.15. The van der Waals surface area contributed by atoms with Crippen LogP contribution in [0.25, 0.3) is 33.6 Å². The van der Waals surface area contributed by atoms with Gasteiger partial charge < -0.3 is 39.9 Å². The molecular formula is C50H62N8O6. The topological polar surface area (TPSA) is 175 Å². The first kappa shape index (κ1) is 45.6. The Hall–Kier alpha value is -6.44. The molecule has 64 heavy (non-hydrogen) atoms. The number of hydrogen-bond donors (Lipinski definition) is 4. The lowest BCUT2D eigenvalue weighted by molar-refractivity contribution is -0.136. The average molecular weight is 871 g/mol. The second-order valence-corrected chi connectivity index (χ2v) is 17.5. The highest BCUT2D eigenvalue weighted by Crippen LogP contribution is 2.38. The van der Waals surface area contributed by atoms with Gasteiger partial charge in [0.2, 0.25) is 11.8 Å². The summed E-state index contributed by atoms with van der Waals surface area (Å²) in [5.41, 5.74) is 9.74. The van der Waals surface area contributed by atoms with Crippen molar-refractivity contribution in [3.8, 4) is 33.6 Å². The van der Waals surface area contributed by atoms with E-state index in [1.165, 1.54) is 30.9 Å². The number of aromatic nitrogens is 4. The average Bonchev–Trinajstić information content (AvgIpc) is 4.16. The van der Waals surface area contributed by atoms with Gasteiger partial charge in [-0.05, 0) is 96.2 Å². The molecule has 0 radical (unpaired) electrons. The zero-order valence-corrected chi connectivity index (χ0v) is 38.1. The van der Waals surface area contributed by atoms with E-state index in [4.69, 9.17) is 19.4 Å². The van der Waals surface area contributed by atoms with Crippen LogP contribution in [0.3, 0.4) is 0 Å². The molecule has 0 bridgehead atoms. The van der Waals surface area contributed by atoms with E-state index in [2.05, 4.69) is 88.2 Å². The first-order valence-electron chi connectivity index (χ1n) is 22.6. The Morgan fingerprint density at radius 1 is 0.672 bits per heavy atom. The number of likely N-dealkylation sites (tertiary alicyclic amines) is 2. The number of H-pyrrole nitrogens is 2. The third-order valence-corrected chi connectivity index (χ3v) is 12.7. The van der Waals surface area contributed by atoms with Crippen LogP contribution in [-0.2, 0) is 38.3 Å². The molecule has 14 nitrogen and oxygen atoms in total. The number of methoxy groups -OCH3 is 2. The van der Waals surface area contributed by atoms with E-state index in [1.807, 2.05) is 56.0 Å². The SMILES string of the molecule is CCc1cc(-c2cnc([C@@H]3CCCN3C(=O)[C@@H](NC(=O)OC)C(C)C)[nH]2)c(CCc2ccccc2)cc1-c1ccc(-c2cnc([C@@H]3CCCN3C(=O)[C@@H](NC(=O)OC)C(C)C)[nH]2)cc1. The number of aryl methyl sites for hydroxylation is 3. The van der Waals surface area contributed by atoms with Gasteiger partial charge in [-0.1, -0.05) is 95.3 Å². The van der Waals surface area contributed by atoms with Crippen LogP contribution in [0, 0.1) is 11.8 Å². The van der Waals surface area contributed by atoms with E-state index in [1.54, 1.807) is 0 Å². The molecule has 7 rings (SSSR count). The van der Waals surface area contributed by atoms with Crippen molar-refractivity contribution in [2.45, 2.75) is 104 Å². The van der Waals surface area contributed by atoms with Crippen LogP contribution in [0.4, 0.5) is 9.59 Å². The number of alkyl carbamates (subject to hydrolysis) is 2. The normalized spacial score (nSPS) is 17.1. The molecular weight excluding hydrogens is 809 g/mol. The molecule has 0 saturated carbocycles. The fourth-order valence-corrected chi connectivity index (χ4v) is 9.14. The second kappa shape index (κ2) is 20.4. The fourth-order valence-electron chi connectivity index (χ4n) is 9.14. The number of ether oxygens (including phenoxy) is 2. The Bertz CT molecular complexity index is 2410. The van der Waals surface area contributed by atoms with Crippen molar-refractivity contribution in [3.63, 3.8) is 0 Å². The molecule has 4 heterocycles. The third-order valence-electron chi connectivity index (χ3n) is 12.7. The lowest BCUT2D eigenvalue weighted by Gasteiger charge is -2.30. The molecule has 4 amide bonds. The van der Waals surface area contributed by atoms with Gasteiger partial charge in [-0.15, -0.1) is 0 Å². The van der Waals surface area contributed by atoms with Crippen molar-refractivity contribution in [2.75, 3.05) is 27.3 Å². The highest BCUT2D eigenvalue weighted by Gasteiger charge is 2.39. The van der Waals surface area contributed by atoms with Crippen LogP contribution in [0.1, 0.15) is 101 Å². The molecule has 3 aromatic carbocycles. The molecule has 0 spiro atoms. The van der Waals surface area contributed by atoms with Gasteiger partial charge in [0, 0.05) is 18.7 Å². The fraction of sp³-hybridized carbons (Fsp3) is 0.440. The van der Waals surface area contributed by atoms with E-state index in [9.17, 15) is 19.2 Å². The molecule has 2 aromatic heterocycles. The standard InChI is InChI=1S/C50H62N8O6/c1-8-33-26-38(40-29-52-46(54-40)42-17-13-25-58(42)48(60)44(31(4)5)56-50(62)64-7)36(19-18-32-14-10-9-11-15-32)27-37(33)34-20-22-35(23-21-34)39-28-51-45(53-39)41-16-12-24-57(41)47(59)43(30(2)3)55-49(61)63-6/h9-11,14-15,20-23,26-31,41-44H,8,12-13,16-19,24-25H2,1-7H3,(H,51,53)(H,52,54)(H,55,61)(H,56,62)/t41-,42-,43-,44-/m0/s1. The molecule has 0 unspecified atom stereocenters. The van der Waals surface area contributed by atoms with Gasteiger partial charge in [0.1, 0.15) is 23.7 Å². The number of nitrogens with one attached hydrogen (secondary N) is 4. The zero-order chi connectivity index (χ0) is 45.5.